The van der Waals surface area contributed by atoms with Crippen molar-refractivity contribution in [2.24, 2.45) is 0 Å². The zero-order valence-electron chi connectivity index (χ0n) is 10.0. The number of hydrogen-bond acceptors (Lipinski definition) is 3. The fourth-order valence-electron chi connectivity index (χ4n) is 2.19. The molecule has 0 spiro atoms. The van der Waals surface area contributed by atoms with Crippen molar-refractivity contribution < 1.29 is 9.84 Å². The number of nitrogens with zero attached hydrogens (tertiary/aromatic N) is 1. The molecular weight excluding hydrogens is 238 g/mol. The molecule has 1 aromatic carbocycles. The van der Waals surface area contributed by atoms with E-state index in [1.54, 1.807) is 0 Å². The van der Waals surface area contributed by atoms with E-state index in [0.717, 1.165) is 37.4 Å². The lowest BCUT2D eigenvalue weighted by molar-refractivity contribution is 0.0383. The van der Waals surface area contributed by atoms with E-state index in [4.69, 9.17) is 16.3 Å². The number of anilines is 1. The van der Waals surface area contributed by atoms with Gasteiger partial charge in [-0.15, -0.1) is 0 Å². The molecule has 1 saturated heterocycles. The molecule has 1 aliphatic rings. The third-order valence-corrected chi connectivity index (χ3v) is 3.54. The minimum Gasteiger partial charge on any atom is -0.392 e. The van der Waals surface area contributed by atoms with E-state index in [9.17, 15) is 5.11 Å². The lowest BCUT2D eigenvalue weighted by Gasteiger charge is -2.35. The number of benzene rings is 1. The maximum absolute atomic E-state index is 9.41. The van der Waals surface area contributed by atoms with Gasteiger partial charge < -0.3 is 14.7 Å². The molecule has 1 heterocycles. The van der Waals surface area contributed by atoms with Gasteiger partial charge >= 0.3 is 0 Å². The Labute approximate surface area is 107 Å². The van der Waals surface area contributed by atoms with E-state index in [1.165, 1.54) is 0 Å². The molecule has 2 rings (SSSR count). The molecule has 3 nitrogen and oxygen atoms in total. The van der Waals surface area contributed by atoms with Crippen molar-refractivity contribution in [2.75, 3.05) is 24.6 Å². The second kappa shape index (κ2) is 5.71. The van der Waals surface area contributed by atoms with Crippen LogP contribution in [0.3, 0.4) is 0 Å². The van der Waals surface area contributed by atoms with E-state index in [-0.39, 0.29) is 12.7 Å². The predicted molar refractivity (Wildman–Crippen MR) is 69.6 cm³/mol. The Morgan fingerprint density at radius 2 is 2.35 bits per heavy atom. The summed E-state index contributed by atoms with van der Waals surface area (Å²) in [5.41, 5.74) is 1.84. The van der Waals surface area contributed by atoms with Crippen molar-refractivity contribution in [3.63, 3.8) is 0 Å². The van der Waals surface area contributed by atoms with Crippen molar-refractivity contribution in [3.8, 4) is 0 Å². The molecule has 4 heteroatoms. The fraction of sp³-hybridized carbons (Fsp3) is 0.538. The molecule has 1 fully saturated rings. The molecule has 0 radical (unpaired) electrons. The van der Waals surface area contributed by atoms with Crippen molar-refractivity contribution in [1.82, 2.24) is 0 Å². The molecule has 1 unspecified atom stereocenters. The molecule has 0 bridgehead atoms. The monoisotopic (exact) mass is 255 g/mol. The van der Waals surface area contributed by atoms with Gasteiger partial charge in [0.1, 0.15) is 0 Å². The highest BCUT2D eigenvalue weighted by atomic mass is 35.5. The Bertz CT molecular complexity index is 384. The van der Waals surface area contributed by atoms with Crippen LogP contribution in [-0.4, -0.2) is 30.9 Å². The number of hydrogen-bond donors (Lipinski definition) is 1. The lowest BCUT2D eigenvalue weighted by atomic mass is 10.1. The SMILES string of the molecule is CCC1CN(c2cccc(Cl)c2CO)CCO1. The number of morpholine rings is 1. The van der Waals surface area contributed by atoms with Crippen LogP contribution in [-0.2, 0) is 11.3 Å². The van der Waals surface area contributed by atoms with E-state index >= 15 is 0 Å². The van der Waals surface area contributed by atoms with Gasteiger partial charge in [-0.25, -0.2) is 0 Å². The molecule has 94 valence electrons. The largest absolute Gasteiger partial charge is 0.392 e. The highest BCUT2D eigenvalue weighted by molar-refractivity contribution is 6.31. The van der Waals surface area contributed by atoms with Crippen LogP contribution in [0.4, 0.5) is 5.69 Å². The number of ether oxygens (including phenoxy) is 1. The average molecular weight is 256 g/mol. The third-order valence-electron chi connectivity index (χ3n) is 3.19. The first kappa shape index (κ1) is 12.7. The van der Waals surface area contributed by atoms with Crippen LogP contribution >= 0.6 is 11.6 Å². The van der Waals surface area contributed by atoms with Gasteiger partial charge in [0.2, 0.25) is 0 Å². The Hall–Kier alpha value is -0.770. The number of rotatable bonds is 3. The minimum absolute atomic E-state index is 0.0246. The number of aliphatic hydroxyl groups is 1. The summed E-state index contributed by atoms with van der Waals surface area (Å²) in [5, 5.41) is 10.0. The summed E-state index contributed by atoms with van der Waals surface area (Å²) in [5.74, 6) is 0. The molecule has 1 N–H and O–H groups in total. The smallest absolute Gasteiger partial charge is 0.0748 e. The molecule has 0 amide bonds. The van der Waals surface area contributed by atoms with Crippen LogP contribution in [0.15, 0.2) is 18.2 Å². The second-order valence-electron chi connectivity index (χ2n) is 4.24. The van der Waals surface area contributed by atoms with E-state index in [1.807, 2.05) is 18.2 Å². The van der Waals surface area contributed by atoms with Gasteiger partial charge in [-0.3, -0.25) is 0 Å². The summed E-state index contributed by atoms with van der Waals surface area (Å²) in [6.07, 6.45) is 1.28. The first-order valence-electron chi connectivity index (χ1n) is 6.01. The highest BCUT2D eigenvalue weighted by Gasteiger charge is 2.21. The van der Waals surface area contributed by atoms with Gasteiger partial charge in [0.15, 0.2) is 0 Å². The maximum Gasteiger partial charge on any atom is 0.0748 e. The van der Waals surface area contributed by atoms with Crippen molar-refractivity contribution in [1.29, 1.82) is 0 Å². The van der Waals surface area contributed by atoms with E-state index in [2.05, 4.69) is 11.8 Å². The minimum atomic E-state index is -0.0246. The molecule has 17 heavy (non-hydrogen) atoms. The Morgan fingerprint density at radius 1 is 1.53 bits per heavy atom. The summed E-state index contributed by atoms with van der Waals surface area (Å²) < 4.78 is 5.65. The summed E-state index contributed by atoms with van der Waals surface area (Å²) in [7, 11) is 0. The second-order valence-corrected chi connectivity index (χ2v) is 4.65. The van der Waals surface area contributed by atoms with E-state index in [0.29, 0.717) is 5.02 Å². The quantitative estimate of drug-likeness (QED) is 0.901. The maximum atomic E-state index is 9.41. The van der Waals surface area contributed by atoms with Crippen LogP contribution in [0.25, 0.3) is 0 Å². The Balaban J connectivity index is 2.24. The van der Waals surface area contributed by atoms with Gasteiger partial charge in [0.05, 0.1) is 19.3 Å². The molecule has 0 saturated carbocycles. The summed E-state index contributed by atoms with van der Waals surface area (Å²) in [6, 6.07) is 5.75. The fourth-order valence-corrected chi connectivity index (χ4v) is 2.41. The highest BCUT2D eigenvalue weighted by Crippen LogP contribution is 2.29. The van der Waals surface area contributed by atoms with Gasteiger partial charge in [0, 0.05) is 29.4 Å². The van der Waals surface area contributed by atoms with Gasteiger partial charge in [-0.2, -0.15) is 0 Å². The summed E-state index contributed by atoms with van der Waals surface area (Å²) in [6.45, 7) is 4.55. The predicted octanol–water partition coefficient (Wildman–Crippen LogP) is 2.45. The zero-order valence-corrected chi connectivity index (χ0v) is 10.8. The molecule has 0 aromatic heterocycles. The zero-order chi connectivity index (χ0) is 12.3. The first-order valence-corrected chi connectivity index (χ1v) is 6.38. The lowest BCUT2D eigenvalue weighted by Crippen LogP contribution is -2.42. The third kappa shape index (κ3) is 2.73. The molecule has 0 aliphatic carbocycles. The average Bonchev–Trinajstić information content (AvgIpc) is 2.38. The Morgan fingerprint density at radius 3 is 3.06 bits per heavy atom. The van der Waals surface area contributed by atoms with Gasteiger partial charge in [-0.05, 0) is 18.6 Å². The van der Waals surface area contributed by atoms with E-state index < -0.39 is 0 Å². The van der Waals surface area contributed by atoms with Crippen LogP contribution in [0.1, 0.15) is 18.9 Å². The standard InChI is InChI=1S/C13H18ClNO2/c1-2-10-8-15(6-7-17-10)13-5-3-4-12(14)11(13)9-16/h3-5,10,16H,2,6-9H2,1H3. The Kier molecular flexibility index (Phi) is 4.26. The van der Waals surface area contributed by atoms with Gasteiger partial charge in [0.25, 0.3) is 0 Å². The topological polar surface area (TPSA) is 32.7 Å². The van der Waals surface area contributed by atoms with Crippen LogP contribution in [0.2, 0.25) is 5.02 Å². The summed E-state index contributed by atoms with van der Waals surface area (Å²) >= 11 is 6.10. The molecule has 1 atom stereocenters. The number of aliphatic hydroxyl groups excluding tert-OH is 1. The molecule has 1 aromatic rings. The number of halogens is 1. The van der Waals surface area contributed by atoms with Crippen molar-refractivity contribution in [2.45, 2.75) is 26.1 Å². The summed E-state index contributed by atoms with van der Waals surface area (Å²) in [4.78, 5) is 2.25. The van der Waals surface area contributed by atoms with Crippen LogP contribution in [0, 0.1) is 0 Å². The first-order chi connectivity index (χ1) is 8.26. The van der Waals surface area contributed by atoms with Crippen molar-refractivity contribution in [3.05, 3.63) is 28.8 Å². The normalized spacial score (nSPS) is 20.6. The van der Waals surface area contributed by atoms with Gasteiger partial charge in [-0.1, -0.05) is 24.6 Å². The molecular formula is C13H18ClNO2. The molecule has 1 aliphatic heterocycles. The van der Waals surface area contributed by atoms with Crippen LogP contribution < -0.4 is 4.90 Å². The van der Waals surface area contributed by atoms with Crippen molar-refractivity contribution >= 4 is 17.3 Å². The van der Waals surface area contributed by atoms with Crippen LogP contribution in [0.5, 0.6) is 0 Å².